The van der Waals surface area contributed by atoms with Gasteiger partial charge in [-0.25, -0.2) is 8.78 Å². The van der Waals surface area contributed by atoms with Gasteiger partial charge in [-0.05, 0) is 18.2 Å². The molecule has 1 saturated heterocycles. The highest BCUT2D eigenvalue weighted by Gasteiger charge is 2.47. The lowest BCUT2D eigenvalue weighted by atomic mass is 9.96. The molecular weight excluding hydrogens is 190 g/mol. The minimum absolute atomic E-state index is 0.101. The maximum absolute atomic E-state index is 13.3. The summed E-state index contributed by atoms with van der Waals surface area (Å²) in [5, 5.41) is 8.77. The lowest BCUT2D eigenvalue weighted by Crippen LogP contribution is -2.13. The van der Waals surface area contributed by atoms with Crippen LogP contribution in [0.25, 0.3) is 0 Å². The zero-order valence-electron chi connectivity index (χ0n) is 7.46. The first-order valence-electron chi connectivity index (χ1n) is 4.38. The summed E-state index contributed by atoms with van der Waals surface area (Å²) in [6.45, 7) is 0.240. The van der Waals surface area contributed by atoms with Gasteiger partial charge in [-0.3, -0.25) is 0 Å². The first-order valence-corrected chi connectivity index (χ1v) is 4.38. The maximum Gasteiger partial charge on any atom is 0.129 e. The number of benzene rings is 1. The number of epoxide rings is 1. The van der Waals surface area contributed by atoms with Crippen molar-refractivity contribution in [1.82, 2.24) is 0 Å². The van der Waals surface area contributed by atoms with Crippen LogP contribution >= 0.6 is 0 Å². The molecule has 1 aromatic rings. The van der Waals surface area contributed by atoms with E-state index in [1.807, 2.05) is 0 Å². The molecule has 2 nitrogen and oxygen atoms in total. The van der Waals surface area contributed by atoms with Gasteiger partial charge >= 0.3 is 0 Å². The lowest BCUT2D eigenvalue weighted by molar-refractivity contribution is 0.211. The second-order valence-corrected chi connectivity index (χ2v) is 3.38. The minimum atomic E-state index is -0.791. The Morgan fingerprint density at radius 2 is 2.14 bits per heavy atom. The van der Waals surface area contributed by atoms with E-state index in [1.54, 1.807) is 0 Å². The summed E-state index contributed by atoms with van der Waals surface area (Å²) in [7, 11) is 0. The van der Waals surface area contributed by atoms with Crippen LogP contribution < -0.4 is 0 Å². The van der Waals surface area contributed by atoms with Crippen LogP contribution in [0.1, 0.15) is 12.0 Å². The summed E-state index contributed by atoms with van der Waals surface area (Å²) in [4.78, 5) is 0. The van der Waals surface area contributed by atoms with E-state index in [0.29, 0.717) is 13.0 Å². The van der Waals surface area contributed by atoms with Crippen LogP contribution in [0.4, 0.5) is 8.78 Å². The summed E-state index contributed by atoms with van der Waals surface area (Å²) in [5.41, 5.74) is -0.590. The van der Waals surface area contributed by atoms with Gasteiger partial charge in [0.05, 0.1) is 6.61 Å². The third-order valence-electron chi connectivity index (χ3n) is 2.43. The molecule has 0 spiro atoms. The lowest BCUT2D eigenvalue weighted by Gasteiger charge is -2.11. The number of rotatable bonds is 3. The summed E-state index contributed by atoms with van der Waals surface area (Å²) in [6, 6.07) is 3.26. The zero-order chi connectivity index (χ0) is 10.2. The number of aliphatic hydroxyl groups is 1. The van der Waals surface area contributed by atoms with Crippen molar-refractivity contribution in [3.63, 3.8) is 0 Å². The van der Waals surface area contributed by atoms with Crippen LogP contribution in [0.5, 0.6) is 0 Å². The molecular formula is C10H10F2O2. The number of halogens is 2. The van der Waals surface area contributed by atoms with E-state index in [9.17, 15) is 8.78 Å². The van der Waals surface area contributed by atoms with Crippen molar-refractivity contribution >= 4 is 0 Å². The Hall–Kier alpha value is -1.00. The van der Waals surface area contributed by atoms with Crippen molar-refractivity contribution in [2.75, 3.05) is 13.2 Å². The van der Waals surface area contributed by atoms with Crippen molar-refractivity contribution in [2.45, 2.75) is 12.0 Å². The Labute approximate surface area is 80.1 Å². The fourth-order valence-electron chi connectivity index (χ4n) is 1.55. The molecule has 0 bridgehead atoms. The molecule has 0 aromatic heterocycles. The fourth-order valence-corrected chi connectivity index (χ4v) is 1.55. The highest BCUT2D eigenvalue weighted by atomic mass is 19.1. The molecule has 0 radical (unpaired) electrons. The van der Waals surface area contributed by atoms with Gasteiger partial charge in [0.2, 0.25) is 0 Å². The highest BCUT2D eigenvalue weighted by molar-refractivity contribution is 5.29. The predicted octanol–water partition coefficient (Wildman–Crippen LogP) is 1.57. The molecule has 0 amide bonds. The first kappa shape index (κ1) is 9.55. The van der Waals surface area contributed by atoms with Crippen LogP contribution in [-0.4, -0.2) is 18.3 Å². The first-order chi connectivity index (χ1) is 6.68. The van der Waals surface area contributed by atoms with Gasteiger partial charge in [-0.15, -0.1) is 0 Å². The average Bonchev–Trinajstić information content (AvgIpc) is 2.91. The normalized spacial score (nSPS) is 25.1. The second kappa shape index (κ2) is 3.29. The van der Waals surface area contributed by atoms with E-state index in [1.165, 1.54) is 0 Å². The third-order valence-corrected chi connectivity index (χ3v) is 2.43. The van der Waals surface area contributed by atoms with E-state index in [2.05, 4.69) is 0 Å². The number of ether oxygens (including phenoxy) is 1. The SMILES string of the molecule is OCC[C@@]1(c2cc(F)ccc2F)CO1. The molecule has 0 unspecified atom stereocenters. The summed E-state index contributed by atoms with van der Waals surface area (Å²) < 4.78 is 31.3. The molecule has 1 heterocycles. The molecule has 76 valence electrons. The molecule has 0 saturated carbocycles. The predicted molar refractivity (Wildman–Crippen MR) is 45.7 cm³/mol. The van der Waals surface area contributed by atoms with Gasteiger partial charge in [0.1, 0.15) is 17.2 Å². The van der Waals surface area contributed by atoms with Gasteiger partial charge in [0.25, 0.3) is 0 Å². The monoisotopic (exact) mass is 200 g/mol. The Balaban J connectivity index is 2.35. The average molecular weight is 200 g/mol. The summed E-state index contributed by atoms with van der Waals surface area (Å²) >= 11 is 0. The smallest absolute Gasteiger partial charge is 0.129 e. The Kier molecular flexibility index (Phi) is 2.25. The second-order valence-electron chi connectivity index (χ2n) is 3.38. The van der Waals surface area contributed by atoms with Gasteiger partial charge in [0.15, 0.2) is 0 Å². The maximum atomic E-state index is 13.3. The van der Waals surface area contributed by atoms with E-state index >= 15 is 0 Å². The molecule has 1 aliphatic rings. The zero-order valence-corrected chi connectivity index (χ0v) is 7.46. The molecule has 0 aliphatic carbocycles. The molecule has 14 heavy (non-hydrogen) atoms. The van der Waals surface area contributed by atoms with Crippen LogP contribution in [0.15, 0.2) is 18.2 Å². The molecule has 1 atom stereocenters. The largest absolute Gasteiger partial charge is 0.396 e. The van der Waals surface area contributed by atoms with Crippen molar-refractivity contribution in [1.29, 1.82) is 0 Å². The standard InChI is InChI=1S/C10H10F2O2/c11-7-1-2-9(12)8(5-7)10(3-4-13)6-14-10/h1-2,5,13H,3-4,6H2/t10-/m0/s1. The molecule has 4 heteroatoms. The van der Waals surface area contributed by atoms with E-state index in [4.69, 9.17) is 9.84 Å². The third kappa shape index (κ3) is 1.51. The molecule has 2 rings (SSSR count). The van der Waals surface area contributed by atoms with Crippen molar-refractivity contribution in [2.24, 2.45) is 0 Å². The summed E-state index contributed by atoms with van der Waals surface area (Å²) in [6.07, 6.45) is 0.299. The van der Waals surface area contributed by atoms with Crippen molar-refractivity contribution in [3.05, 3.63) is 35.4 Å². The van der Waals surface area contributed by atoms with Crippen molar-refractivity contribution < 1.29 is 18.6 Å². The van der Waals surface area contributed by atoms with Crippen molar-refractivity contribution in [3.8, 4) is 0 Å². The van der Waals surface area contributed by atoms with Crippen LogP contribution in [-0.2, 0) is 10.3 Å². The Bertz CT molecular complexity index is 348. The van der Waals surface area contributed by atoms with Gasteiger partial charge < -0.3 is 9.84 Å². The minimum Gasteiger partial charge on any atom is -0.396 e. The van der Waals surface area contributed by atoms with Gasteiger partial charge in [-0.2, -0.15) is 0 Å². The topological polar surface area (TPSA) is 32.8 Å². The van der Waals surface area contributed by atoms with Gasteiger partial charge in [-0.1, -0.05) is 0 Å². The van der Waals surface area contributed by atoms with Crippen LogP contribution in [0.3, 0.4) is 0 Å². The van der Waals surface area contributed by atoms with Crippen LogP contribution in [0.2, 0.25) is 0 Å². The number of hydrogen-bond acceptors (Lipinski definition) is 2. The van der Waals surface area contributed by atoms with Crippen LogP contribution in [0, 0.1) is 11.6 Å². The Morgan fingerprint density at radius 3 is 2.71 bits per heavy atom. The van der Waals surface area contributed by atoms with E-state index in [-0.39, 0.29) is 12.2 Å². The molecule has 1 fully saturated rings. The van der Waals surface area contributed by atoms with E-state index < -0.39 is 17.2 Å². The quantitative estimate of drug-likeness (QED) is 0.751. The molecule has 1 aliphatic heterocycles. The van der Waals surface area contributed by atoms with Gasteiger partial charge in [0, 0.05) is 18.6 Å². The van der Waals surface area contributed by atoms with E-state index in [0.717, 1.165) is 18.2 Å². The number of aliphatic hydroxyl groups excluding tert-OH is 1. The fraction of sp³-hybridized carbons (Fsp3) is 0.400. The highest BCUT2D eigenvalue weighted by Crippen LogP contribution is 2.42. The Morgan fingerprint density at radius 1 is 1.43 bits per heavy atom. The number of hydrogen-bond donors (Lipinski definition) is 1. The summed E-state index contributed by atoms with van der Waals surface area (Å²) in [5.74, 6) is -0.980. The molecule has 1 aromatic carbocycles. The molecule has 1 N–H and O–H groups in total.